The summed E-state index contributed by atoms with van der Waals surface area (Å²) in [5.74, 6) is 0.386. The van der Waals surface area contributed by atoms with Crippen LogP contribution >= 0.6 is 0 Å². The monoisotopic (exact) mass is 302 g/mol. The zero-order chi connectivity index (χ0) is 15.5. The van der Waals surface area contributed by atoms with Gasteiger partial charge < -0.3 is 10.2 Å². The fraction of sp³-hybridized carbons (Fsp3) is 0.667. The van der Waals surface area contributed by atoms with Gasteiger partial charge in [-0.2, -0.15) is 0 Å². The Labute approximate surface area is 132 Å². The second-order valence-corrected chi connectivity index (χ2v) is 7.58. The standard InChI is InChI=1S/C18H26N2O2/c1-3-17-9-19-11-18(4-2,16(17)22)12-20(10-17)15(19)13-7-5-6-8-14(13)21/h5-8,15-16,21-22H,3-4,9-12H2,1-2H3. The van der Waals surface area contributed by atoms with Crippen molar-refractivity contribution in [2.24, 2.45) is 10.8 Å². The van der Waals surface area contributed by atoms with Crippen molar-refractivity contribution >= 4 is 0 Å². The number of hydrogen-bond acceptors (Lipinski definition) is 4. The number of benzene rings is 1. The number of rotatable bonds is 3. The van der Waals surface area contributed by atoms with Crippen LogP contribution in [0.3, 0.4) is 0 Å². The Hall–Kier alpha value is -1.10. The first-order valence-corrected chi connectivity index (χ1v) is 8.49. The van der Waals surface area contributed by atoms with Crippen LogP contribution in [0.2, 0.25) is 0 Å². The molecule has 4 fully saturated rings. The summed E-state index contributed by atoms with van der Waals surface area (Å²) in [6.07, 6.45) is 1.98. The van der Waals surface area contributed by atoms with Crippen molar-refractivity contribution < 1.29 is 10.2 Å². The van der Waals surface area contributed by atoms with Crippen LogP contribution in [0.4, 0.5) is 0 Å². The lowest BCUT2D eigenvalue weighted by molar-refractivity contribution is -0.266. The van der Waals surface area contributed by atoms with Crippen molar-refractivity contribution in [3.63, 3.8) is 0 Å². The molecule has 0 saturated carbocycles. The third-order valence-electron chi connectivity index (χ3n) is 6.55. The Bertz CT molecular complexity index is 548. The normalized spacial score (nSPS) is 46.1. The number of aliphatic hydroxyl groups is 1. The lowest BCUT2D eigenvalue weighted by Gasteiger charge is -2.69. The van der Waals surface area contributed by atoms with Crippen LogP contribution < -0.4 is 0 Å². The molecule has 22 heavy (non-hydrogen) atoms. The number of nitrogens with zero attached hydrogens (tertiary/aromatic N) is 2. The van der Waals surface area contributed by atoms with Crippen LogP contribution in [0, 0.1) is 10.8 Å². The van der Waals surface area contributed by atoms with Crippen LogP contribution in [-0.4, -0.2) is 52.3 Å². The molecule has 0 radical (unpaired) electrons. The number of piperidine rings is 2. The predicted molar refractivity (Wildman–Crippen MR) is 85.4 cm³/mol. The summed E-state index contributed by atoms with van der Waals surface area (Å²) in [7, 11) is 0. The minimum atomic E-state index is -0.201. The van der Waals surface area contributed by atoms with E-state index in [0.717, 1.165) is 44.6 Å². The predicted octanol–water partition coefficient (Wildman–Crippen LogP) is 2.19. The van der Waals surface area contributed by atoms with E-state index in [4.69, 9.17) is 0 Å². The Morgan fingerprint density at radius 1 is 1.00 bits per heavy atom. The highest BCUT2D eigenvalue weighted by molar-refractivity contribution is 5.36. The highest BCUT2D eigenvalue weighted by Crippen LogP contribution is 2.57. The summed E-state index contributed by atoms with van der Waals surface area (Å²) in [5, 5.41) is 21.3. The van der Waals surface area contributed by atoms with Gasteiger partial charge in [0.2, 0.25) is 0 Å². The number of phenols is 1. The minimum Gasteiger partial charge on any atom is -0.508 e. The first-order chi connectivity index (χ1) is 10.6. The molecular formula is C18H26N2O2. The van der Waals surface area contributed by atoms with Crippen molar-refractivity contribution in [1.29, 1.82) is 0 Å². The van der Waals surface area contributed by atoms with Gasteiger partial charge in [-0.3, -0.25) is 9.80 Å². The largest absolute Gasteiger partial charge is 0.508 e. The van der Waals surface area contributed by atoms with Crippen LogP contribution in [-0.2, 0) is 0 Å². The van der Waals surface area contributed by atoms with Gasteiger partial charge in [-0.1, -0.05) is 32.0 Å². The van der Waals surface area contributed by atoms with Gasteiger partial charge >= 0.3 is 0 Å². The fourth-order valence-electron chi connectivity index (χ4n) is 5.34. The van der Waals surface area contributed by atoms with Gasteiger partial charge in [0.15, 0.2) is 0 Å². The second-order valence-electron chi connectivity index (χ2n) is 7.58. The molecule has 0 amide bonds. The van der Waals surface area contributed by atoms with E-state index in [-0.39, 0.29) is 23.1 Å². The molecule has 4 aliphatic rings. The van der Waals surface area contributed by atoms with Crippen molar-refractivity contribution in [2.75, 3.05) is 26.2 Å². The van der Waals surface area contributed by atoms with E-state index in [9.17, 15) is 10.2 Å². The Balaban J connectivity index is 1.76. The minimum absolute atomic E-state index is 0.00654. The molecule has 0 aromatic heterocycles. The molecule has 4 nitrogen and oxygen atoms in total. The van der Waals surface area contributed by atoms with Gasteiger partial charge in [0, 0.05) is 42.6 Å². The van der Waals surface area contributed by atoms with Gasteiger partial charge in [0.1, 0.15) is 5.75 Å². The molecule has 4 bridgehead atoms. The third kappa shape index (κ3) is 1.69. The Morgan fingerprint density at radius 3 is 1.95 bits per heavy atom. The lowest BCUT2D eigenvalue weighted by atomic mass is 9.57. The van der Waals surface area contributed by atoms with E-state index in [0.29, 0.717) is 5.75 Å². The fourth-order valence-corrected chi connectivity index (χ4v) is 5.34. The third-order valence-corrected chi connectivity index (χ3v) is 6.55. The molecule has 120 valence electrons. The number of para-hydroxylation sites is 1. The maximum absolute atomic E-state index is 11.0. The molecule has 0 aliphatic carbocycles. The van der Waals surface area contributed by atoms with Gasteiger partial charge in [0.05, 0.1) is 12.3 Å². The van der Waals surface area contributed by atoms with E-state index >= 15 is 0 Å². The van der Waals surface area contributed by atoms with Crippen molar-refractivity contribution in [2.45, 2.75) is 39.0 Å². The van der Waals surface area contributed by atoms with Crippen molar-refractivity contribution in [3.8, 4) is 5.75 Å². The highest BCUT2D eigenvalue weighted by atomic mass is 16.3. The molecular weight excluding hydrogens is 276 g/mol. The SMILES string of the molecule is CCC12CN3CC(CC)(CN(C1)C3c1ccccc1O)C2O. The average molecular weight is 302 g/mol. The van der Waals surface area contributed by atoms with Gasteiger partial charge in [-0.05, 0) is 18.9 Å². The molecule has 4 heterocycles. The van der Waals surface area contributed by atoms with Crippen molar-refractivity contribution in [3.05, 3.63) is 29.8 Å². The molecule has 4 saturated heterocycles. The molecule has 0 unspecified atom stereocenters. The summed E-state index contributed by atoms with van der Waals surface area (Å²) < 4.78 is 0. The van der Waals surface area contributed by atoms with E-state index in [1.54, 1.807) is 6.07 Å². The van der Waals surface area contributed by atoms with Crippen LogP contribution in [0.15, 0.2) is 24.3 Å². The molecule has 0 spiro atoms. The topological polar surface area (TPSA) is 46.9 Å². The second kappa shape index (κ2) is 4.70. The van der Waals surface area contributed by atoms with E-state index in [1.807, 2.05) is 18.2 Å². The summed E-state index contributed by atoms with van der Waals surface area (Å²) in [5.41, 5.74) is 0.995. The maximum Gasteiger partial charge on any atom is 0.121 e. The smallest absolute Gasteiger partial charge is 0.121 e. The molecule has 4 heteroatoms. The lowest BCUT2D eigenvalue weighted by Crippen LogP contribution is -2.78. The molecule has 2 N–H and O–H groups in total. The zero-order valence-electron chi connectivity index (χ0n) is 13.5. The van der Waals surface area contributed by atoms with Crippen LogP contribution in [0.1, 0.15) is 38.4 Å². The summed E-state index contributed by atoms with van der Waals surface area (Å²) in [6, 6.07) is 7.70. The first kappa shape index (κ1) is 14.5. The van der Waals surface area contributed by atoms with E-state index < -0.39 is 0 Å². The number of phenolic OH excluding ortho intramolecular Hbond substituents is 1. The van der Waals surface area contributed by atoms with E-state index in [1.165, 1.54) is 0 Å². The number of aliphatic hydroxyl groups excluding tert-OH is 1. The number of aromatic hydroxyl groups is 1. The highest BCUT2D eigenvalue weighted by Gasteiger charge is 2.64. The molecule has 1 aromatic carbocycles. The van der Waals surface area contributed by atoms with E-state index in [2.05, 4.69) is 23.6 Å². The zero-order valence-corrected chi connectivity index (χ0v) is 13.5. The maximum atomic E-state index is 11.0. The Kier molecular flexibility index (Phi) is 3.09. The summed E-state index contributed by atoms with van der Waals surface area (Å²) >= 11 is 0. The first-order valence-electron chi connectivity index (χ1n) is 8.49. The van der Waals surface area contributed by atoms with Gasteiger partial charge in [-0.15, -0.1) is 0 Å². The summed E-state index contributed by atoms with van der Waals surface area (Å²) in [6.45, 7) is 8.14. The van der Waals surface area contributed by atoms with Gasteiger partial charge in [0.25, 0.3) is 0 Å². The van der Waals surface area contributed by atoms with Gasteiger partial charge in [-0.25, -0.2) is 0 Å². The van der Waals surface area contributed by atoms with Crippen LogP contribution in [0.5, 0.6) is 5.75 Å². The number of hydrogen-bond donors (Lipinski definition) is 2. The summed E-state index contributed by atoms with van der Waals surface area (Å²) in [4.78, 5) is 4.98. The Morgan fingerprint density at radius 2 is 1.50 bits per heavy atom. The van der Waals surface area contributed by atoms with Crippen LogP contribution in [0.25, 0.3) is 0 Å². The molecule has 4 aliphatic heterocycles. The average Bonchev–Trinajstić information content (AvgIpc) is 2.52. The van der Waals surface area contributed by atoms with Crippen molar-refractivity contribution in [1.82, 2.24) is 9.80 Å². The molecule has 1 aromatic rings. The quantitative estimate of drug-likeness (QED) is 0.898. The molecule has 0 atom stereocenters. The molecule has 5 rings (SSSR count).